The van der Waals surface area contributed by atoms with Gasteiger partial charge in [0.1, 0.15) is 12.9 Å². The van der Waals surface area contributed by atoms with Gasteiger partial charge in [-0.25, -0.2) is 4.79 Å². The molecule has 2 aromatic rings. The highest BCUT2D eigenvalue weighted by Crippen LogP contribution is 2.46. The predicted molar refractivity (Wildman–Crippen MR) is 108 cm³/mol. The van der Waals surface area contributed by atoms with E-state index < -0.39 is 0 Å². The third-order valence-electron chi connectivity index (χ3n) is 6.85. The zero-order chi connectivity index (χ0) is 21.4. The van der Waals surface area contributed by atoms with E-state index in [-0.39, 0.29) is 23.9 Å². The first-order valence-corrected chi connectivity index (χ1v) is 10.7. The molecular formula is C21H25N7O3. The summed E-state index contributed by atoms with van der Waals surface area (Å²) in [7, 11) is 0. The Morgan fingerprint density at radius 1 is 1.23 bits per heavy atom. The van der Waals surface area contributed by atoms with E-state index in [4.69, 9.17) is 4.74 Å². The summed E-state index contributed by atoms with van der Waals surface area (Å²) in [5, 5.41) is 14.7. The van der Waals surface area contributed by atoms with Gasteiger partial charge in [-0.1, -0.05) is 0 Å². The molecule has 1 spiro atoms. The highest BCUT2D eigenvalue weighted by atomic mass is 16.5. The van der Waals surface area contributed by atoms with Crippen molar-refractivity contribution in [1.29, 1.82) is 0 Å². The molecule has 0 unspecified atom stereocenters. The van der Waals surface area contributed by atoms with Crippen LogP contribution in [-0.2, 0) is 20.9 Å². The van der Waals surface area contributed by atoms with Gasteiger partial charge in [0, 0.05) is 19.1 Å². The molecule has 162 valence electrons. The van der Waals surface area contributed by atoms with Crippen molar-refractivity contribution in [3.63, 3.8) is 0 Å². The number of hydrogen-bond acceptors (Lipinski definition) is 8. The highest BCUT2D eigenvalue weighted by Gasteiger charge is 2.50. The summed E-state index contributed by atoms with van der Waals surface area (Å²) in [5.74, 6) is -0.144. The van der Waals surface area contributed by atoms with E-state index in [9.17, 15) is 9.59 Å². The monoisotopic (exact) mass is 423 g/mol. The van der Waals surface area contributed by atoms with Gasteiger partial charge < -0.3 is 15.0 Å². The van der Waals surface area contributed by atoms with Crippen LogP contribution in [0.1, 0.15) is 44.7 Å². The fourth-order valence-electron chi connectivity index (χ4n) is 4.85. The van der Waals surface area contributed by atoms with Crippen LogP contribution in [0, 0.1) is 5.41 Å². The van der Waals surface area contributed by atoms with Crippen molar-refractivity contribution >= 4 is 11.9 Å². The minimum atomic E-state index is -0.309. The van der Waals surface area contributed by atoms with E-state index in [2.05, 4.69) is 25.8 Å². The smallest absolute Gasteiger partial charge is 0.336 e. The van der Waals surface area contributed by atoms with Crippen LogP contribution in [0.3, 0.4) is 0 Å². The van der Waals surface area contributed by atoms with E-state index in [0.29, 0.717) is 24.7 Å². The second kappa shape index (κ2) is 7.84. The fourth-order valence-corrected chi connectivity index (χ4v) is 4.85. The summed E-state index contributed by atoms with van der Waals surface area (Å²) in [6, 6.07) is 4.27. The number of pyridine rings is 1. The number of nitrogens with one attached hydrogen (secondary N) is 1. The molecule has 31 heavy (non-hydrogen) atoms. The molecule has 4 heterocycles. The number of carbonyl (C=O) groups excluding carboxylic acids is 2. The number of likely N-dealkylation sites (tertiary alicyclic amines) is 1. The van der Waals surface area contributed by atoms with E-state index >= 15 is 0 Å². The lowest BCUT2D eigenvalue weighted by molar-refractivity contribution is -0.138. The van der Waals surface area contributed by atoms with Crippen LogP contribution >= 0.6 is 0 Å². The van der Waals surface area contributed by atoms with Crippen LogP contribution < -0.4 is 5.32 Å². The van der Waals surface area contributed by atoms with Crippen LogP contribution in [0.5, 0.6) is 0 Å². The van der Waals surface area contributed by atoms with Gasteiger partial charge in [-0.15, -0.1) is 5.10 Å². The maximum atomic E-state index is 13.2. The number of rotatable bonds is 5. The molecular weight excluding hydrogens is 398 g/mol. The van der Waals surface area contributed by atoms with E-state index in [0.717, 1.165) is 49.2 Å². The molecule has 10 heteroatoms. The quantitative estimate of drug-likeness (QED) is 0.712. The lowest BCUT2D eigenvalue weighted by Gasteiger charge is -2.36. The minimum absolute atomic E-state index is 0.165. The van der Waals surface area contributed by atoms with Crippen molar-refractivity contribution in [2.75, 3.05) is 13.2 Å². The molecule has 0 aromatic carbocycles. The first-order chi connectivity index (χ1) is 15.1. The number of aromatic nitrogens is 5. The zero-order valence-electron chi connectivity index (χ0n) is 17.5. The van der Waals surface area contributed by atoms with Gasteiger partial charge in [-0.2, -0.15) is 4.68 Å². The Morgan fingerprint density at radius 2 is 2.06 bits per heavy atom. The molecule has 5 rings (SSSR count). The van der Waals surface area contributed by atoms with E-state index in [1.807, 2.05) is 12.1 Å². The molecule has 10 nitrogen and oxygen atoms in total. The lowest BCUT2D eigenvalue weighted by Crippen LogP contribution is -2.42. The predicted octanol–water partition coefficient (Wildman–Crippen LogP) is 1.14. The Morgan fingerprint density at radius 3 is 2.71 bits per heavy atom. The van der Waals surface area contributed by atoms with Gasteiger partial charge in [0.15, 0.2) is 0 Å². The van der Waals surface area contributed by atoms with Crippen LogP contribution in [-0.4, -0.2) is 61.2 Å². The fraction of sp³-hybridized carbons (Fsp3) is 0.524. The van der Waals surface area contributed by atoms with E-state index in [1.54, 1.807) is 22.7 Å². The van der Waals surface area contributed by atoms with Crippen molar-refractivity contribution in [2.24, 2.45) is 5.41 Å². The molecule has 1 N–H and O–H groups in total. The standard InChI is InChI=1S/C21H25N7O3/c1-14-18(12-31-19(14)29)27-9-8-21(20(27)30)6-4-15(5-7-21)22-10-16-2-3-17(11-23-16)28-13-24-25-26-28/h2-3,11,13,15,22H,4-10,12H2,1H3/t15-,21+. The summed E-state index contributed by atoms with van der Waals surface area (Å²) in [4.78, 5) is 31.2. The second-order valence-electron chi connectivity index (χ2n) is 8.55. The van der Waals surface area contributed by atoms with Crippen molar-refractivity contribution in [2.45, 2.75) is 51.6 Å². The Labute approximate surface area is 179 Å². The minimum Gasteiger partial charge on any atom is -0.456 e. The van der Waals surface area contributed by atoms with Crippen molar-refractivity contribution in [3.8, 4) is 5.69 Å². The number of hydrogen-bond donors (Lipinski definition) is 1. The van der Waals surface area contributed by atoms with Gasteiger partial charge in [0.05, 0.1) is 34.3 Å². The number of ether oxygens (including phenoxy) is 1. The maximum Gasteiger partial charge on any atom is 0.336 e. The largest absolute Gasteiger partial charge is 0.456 e. The van der Waals surface area contributed by atoms with Crippen molar-refractivity contribution < 1.29 is 14.3 Å². The number of esters is 1. The molecule has 2 fully saturated rings. The number of nitrogens with zero attached hydrogens (tertiary/aromatic N) is 6. The molecule has 0 atom stereocenters. The molecule has 1 aliphatic carbocycles. The second-order valence-corrected chi connectivity index (χ2v) is 8.55. The number of cyclic esters (lactones) is 1. The van der Waals surface area contributed by atoms with Crippen LogP contribution in [0.15, 0.2) is 35.9 Å². The third-order valence-corrected chi connectivity index (χ3v) is 6.85. The molecule has 0 bridgehead atoms. The summed E-state index contributed by atoms with van der Waals surface area (Å²) >= 11 is 0. The van der Waals surface area contributed by atoms with Crippen LogP contribution in [0.25, 0.3) is 5.69 Å². The Bertz CT molecular complexity index is 1010. The number of carbonyl (C=O) groups is 2. The Kier molecular flexibility index (Phi) is 5.01. The molecule has 1 amide bonds. The summed E-state index contributed by atoms with van der Waals surface area (Å²) < 4.78 is 6.67. The Hall–Kier alpha value is -3.14. The SMILES string of the molecule is CC1=C(N2CC[C@]3(CC[C@H](NCc4ccc(-n5cnnn5)cn4)CC3)C2=O)COC1=O. The van der Waals surface area contributed by atoms with E-state index in [1.165, 1.54) is 6.33 Å². The van der Waals surface area contributed by atoms with Gasteiger partial charge in [0.25, 0.3) is 0 Å². The summed E-state index contributed by atoms with van der Waals surface area (Å²) in [5.41, 5.74) is 2.80. The normalized spacial score (nSPS) is 26.2. The highest BCUT2D eigenvalue weighted by molar-refractivity contribution is 5.94. The Balaban J connectivity index is 1.15. The van der Waals surface area contributed by atoms with Gasteiger partial charge in [0.2, 0.25) is 5.91 Å². The molecule has 2 aromatic heterocycles. The lowest BCUT2D eigenvalue weighted by atomic mass is 9.71. The molecule has 3 aliphatic rings. The van der Waals surface area contributed by atoms with Gasteiger partial charge >= 0.3 is 5.97 Å². The third kappa shape index (κ3) is 3.60. The average molecular weight is 423 g/mol. The molecule has 0 radical (unpaired) electrons. The topological polar surface area (TPSA) is 115 Å². The van der Waals surface area contributed by atoms with Crippen molar-refractivity contribution in [1.82, 2.24) is 35.4 Å². The first-order valence-electron chi connectivity index (χ1n) is 10.7. The molecule has 2 aliphatic heterocycles. The van der Waals surface area contributed by atoms with Gasteiger partial charge in [-0.3, -0.25) is 9.78 Å². The van der Waals surface area contributed by atoms with Crippen molar-refractivity contribution in [3.05, 3.63) is 41.6 Å². The van der Waals surface area contributed by atoms with Gasteiger partial charge in [-0.05, 0) is 61.6 Å². The molecule has 1 saturated heterocycles. The van der Waals surface area contributed by atoms with Crippen LogP contribution in [0.4, 0.5) is 0 Å². The van der Waals surface area contributed by atoms with Crippen LogP contribution in [0.2, 0.25) is 0 Å². The molecule has 1 saturated carbocycles. The zero-order valence-corrected chi connectivity index (χ0v) is 17.5. The number of tetrazole rings is 1. The summed E-state index contributed by atoms with van der Waals surface area (Å²) in [6.45, 7) is 3.32. The summed E-state index contributed by atoms with van der Waals surface area (Å²) in [6.07, 6.45) is 7.78. The maximum absolute atomic E-state index is 13.2. The average Bonchev–Trinajstić information content (AvgIpc) is 3.51. The number of amides is 1. The first kappa shape index (κ1) is 19.8.